The van der Waals surface area contributed by atoms with Crippen LogP contribution in [-0.4, -0.2) is 31.8 Å². The summed E-state index contributed by atoms with van der Waals surface area (Å²) < 4.78 is 4.85. The minimum atomic E-state index is -0.252. The van der Waals surface area contributed by atoms with Gasteiger partial charge in [0.1, 0.15) is 0 Å². The maximum absolute atomic E-state index is 12.8. The average Bonchev–Trinajstić information content (AvgIpc) is 3.07. The Labute approximate surface area is 122 Å². The van der Waals surface area contributed by atoms with Gasteiger partial charge in [0.2, 0.25) is 0 Å². The highest BCUT2D eigenvalue weighted by atomic mass is 16.2. The highest BCUT2D eigenvalue weighted by molar-refractivity contribution is 5.70. The zero-order chi connectivity index (χ0) is 15.1. The Morgan fingerprint density at radius 1 is 1.43 bits per heavy atom. The standard InChI is InChI=1S/C14H21N5O2/c1-4-17-8-16-12-11(17)13(20)19(10-5-6-15-7-10)14(21)18(12)9(2)3/h8-10,15H,4-7H2,1-3H3. The summed E-state index contributed by atoms with van der Waals surface area (Å²) >= 11 is 0. The Kier molecular flexibility index (Phi) is 3.44. The second-order valence-corrected chi connectivity index (χ2v) is 5.77. The number of fused-ring (bicyclic) bond motifs is 1. The smallest absolute Gasteiger partial charge is 0.325 e. The van der Waals surface area contributed by atoms with Crippen molar-refractivity contribution in [3.63, 3.8) is 0 Å². The van der Waals surface area contributed by atoms with E-state index in [-0.39, 0.29) is 23.3 Å². The number of rotatable bonds is 3. The molecule has 7 nitrogen and oxygen atoms in total. The number of nitrogens with one attached hydrogen (secondary N) is 1. The lowest BCUT2D eigenvalue weighted by Crippen LogP contribution is -2.43. The molecule has 1 unspecified atom stereocenters. The Bertz CT molecular complexity index is 777. The maximum Gasteiger partial charge on any atom is 0.333 e. The van der Waals surface area contributed by atoms with Crippen LogP contribution in [0.3, 0.4) is 0 Å². The van der Waals surface area contributed by atoms with E-state index in [4.69, 9.17) is 0 Å². The normalized spacial score (nSPS) is 19.0. The minimum absolute atomic E-state index is 0.0404. The van der Waals surface area contributed by atoms with E-state index >= 15 is 0 Å². The highest BCUT2D eigenvalue weighted by Crippen LogP contribution is 2.15. The maximum atomic E-state index is 12.8. The first-order valence-electron chi connectivity index (χ1n) is 7.48. The molecule has 3 rings (SSSR count). The van der Waals surface area contributed by atoms with E-state index in [1.54, 1.807) is 10.9 Å². The Balaban J connectivity index is 2.42. The summed E-state index contributed by atoms with van der Waals surface area (Å²) in [4.78, 5) is 29.9. The zero-order valence-electron chi connectivity index (χ0n) is 12.7. The SMILES string of the molecule is CCn1cnc2c1c(=O)n(C1CCNC1)c(=O)n2C(C)C. The summed E-state index contributed by atoms with van der Waals surface area (Å²) in [5, 5.41) is 3.21. The van der Waals surface area contributed by atoms with Gasteiger partial charge < -0.3 is 9.88 Å². The van der Waals surface area contributed by atoms with Gasteiger partial charge in [-0.2, -0.15) is 0 Å². The van der Waals surface area contributed by atoms with E-state index in [9.17, 15) is 9.59 Å². The predicted molar refractivity (Wildman–Crippen MR) is 80.8 cm³/mol. The fourth-order valence-corrected chi connectivity index (χ4v) is 3.06. The van der Waals surface area contributed by atoms with Crippen LogP contribution in [-0.2, 0) is 6.54 Å². The fourth-order valence-electron chi connectivity index (χ4n) is 3.06. The number of hydrogen-bond acceptors (Lipinski definition) is 4. The monoisotopic (exact) mass is 291 g/mol. The van der Waals surface area contributed by atoms with Crippen LogP contribution in [0.15, 0.2) is 15.9 Å². The summed E-state index contributed by atoms with van der Waals surface area (Å²) in [6.45, 7) is 8.00. The van der Waals surface area contributed by atoms with Crippen molar-refractivity contribution in [3.05, 3.63) is 27.2 Å². The van der Waals surface area contributed by atoms with E-state index in [0.29, 0.717) is 24.3 Å². The molecule has 0 saturated carbocycles. The first-order chi connectivity index (χ1) is 10.1. The van der Waals surface area contributed by atoms with E-state index in [2.05, 4.69) is 10.3 Å². The van der Waals surface area contributed by atoms with Crippen LogP contribution in [0.1, 0.15) is 39.3 Å². The van der Waals surface area contributed by atoms with Crippen LogP contribution in [0.4, 0.5) is 0 Å². The third kappa shape index (κ3) is 2.03. The van der Waals surface area contributed by atoms with Crippen molar-refractivity contribution in [2.24, 2.45) is 0 Å². The first kappa shape index (κ1) is 14.1. The summed E-state index contributed by atoms with van der Waals surface area (Å²) in [5.41, 5.74) is 0.541. The predicted octanol–water partition coefficient (Wildman–Crippen LogP) is 0.495. The molecule has 1 atom stereocenters. The van der Waals surface area contributed by atoms with Crippen LogP contribution in [0.5, 0.6) is 0 Å². The molecule has 1 saturated heterocycles. The number of nitrogens with zero attached hydrogens (tertiary/aromatic N) is 4. The molecule has 114 valence electrons. The molecule has 0 bridgehead atoms. The molecule has 0 aromatic carbocycles. The van der Waals surface area contributed by atoms with Crippen LogP contribution in [0.2, 0.25) is 0 Å². The van der Waals surface area contributed by atoms with Crippen molar-refractivity contribution in [2.45, 2.75) is 45.8 Å². The number of aromatic nitrogens is 4. The molecule has 1 N–H and O–H groups in total. The number of imidazole rings is 1. The Hall–Kier alpha value is -1.89. The van der Waals surface area contributed by atoms with Crippen molar-refractivity contribution in [1.29, 1.82) is 0 Å². The molecule has 3 heterocycles. The van der Waals surface area contributed by atoms with Gasteiger partial charge in [-0.3, -0.25) is 13.9 Å². The van der Waals surface area contributed by atoms with E-state index in [1.807, 2.05) is 25.3 Å². The molecule has 2 aromatic heterocycles. The van der Waals surface area contributed by atoms with Crippen LogP contribution in [0.25, 0.3) is 11.2 Å². The van der Waals surface area contributed by atoms with Crippen molar-refractivity contribution in [3.8, 4) is 0 Å². The fraction of sp³-hybridized carbons (Fsp3) is 0.643. The molecule has 1 aliphatic heterocycles. The summed E-state index contributed by atoms with van der Waals surface area (Å²) in [6.07, 6.45) is 2.45. The van der Waals surface area contributed by atoms with Crippen LogP contribution >= 0.6 is 0 Å². The van der Waals surface area contributed by atoms with Crippen LogP contribution in [0, 0.1) is 0 Å². The molecule has 1 aliphatic rings. The van der Waals surface area contributed by atoms with Gasteiger partial charge in [-0.15, -0.1) is 0 Å². The van der Waals surface area contributed by atoms with Gasteiger partial charge in [0, 0.05) is 19.1 Å². The molecular weight excluding hydrogens is 270 g/mol. The summed E-state index contributed by atoms with van der Waals surface area (Å²) in [7, 11) is 0. The third-order valence-electron chi connectivity index (χ3n) is 4.14. The number of aryl methyl sites for hydroxylation is 1. The Morgan fingerprint density at radius 3 is 2.76 bits per heavy atom. The van der Waals surface area contributed by atoms with Gasteiger partial charge in [-0.05, 0) is 33.7 Å². The second-order valence-electron chi connectivity index (χ2n) is 5.77. The lowest BCUT2D eigenvalue weighted by Gasteiger charge is -2.18. The van der Waals surface area contributed by atoms with Crippen LogP contribution < -0.4 is 16.6 Å². The average molecular weight is 291 g/mol. The number of hydrogen-bond donors (Lipinski definition) is 1. The molecule has 0 radical (unpaired) electrons. The zero-order valence-corrected chi connectivity index (χ0v) is 12.7. The lowest BCUT2D eigenvalue weighted by atomic mass is 10.2. The summed E-state index contributed by atoms with van der Waals surface area (Å²) in [6, 6.07) is -0.110. The van der Waals surface area contributed by atoms with E-state index in [1.165, 1.54) is 4.57 Å². The molecule has 1 fully saturated rings. The minimum Gasteiger partial charge on any atom is -0.325 e. The molecule has 21 heavy (non-hydrogen) atoms. The highest BCUT2D eigenvalue weighted by Gasteiger charge is 2.25. The molecule has 2 aromatic rings. The van der Waals surface area contributed by atoms with Gasteiger partial charge in [0.25, 0.3) is 5.56 Å². The summed E-state index contributed by atoms with van der Waals surface area (Å²) in [5.74, 6) is 0. The molecule has 7 heteroatoms. The molecule has 0 spiro atoms. The Morgan fingerprint density at radius 2 is 2.19 bits per heavy atom. The lowest BCUT2D eigenvalue weighted by molar-refractivity contribution is 0.461. The van der Waals surface area contributed by atoms with Crippen molar-refractivity contribution < 1.29 is 0 Å². The van der Waals surface area contributed by atoms with Gasteiger partial charge in [-0.1, -0.05) is 0 Å². The third-order valence-corrected chi connectivity index (χ3v) is 4.14. The van der Waals surface area contributed by atoms with Crippen molar-refractivity contribution in [1.82, 2.24) is 24.0 Å². The van der Waals surface area contributed by atoms with Gasteiger partial charge in [0.05, 0.1) is 12.4 Å². The van der Waals surface area contributed by atoms with Crippen molar-refractivity contribution in [2.75, 3.05) is 13.1 Å². The van der Waals surface area contributed by atoms with Crippen molar-refractivity contribution >= 4 is 11.2 Å². The van der Waals surface area contributed by atoms with E-state index < -0.39 is 0 Å². The first-order valence-corrected chi connectivity index (χ1v) is 7.48. The topological polar surface area (TPSA) is 73.8 Å². The van der Waals surface area contributed by atoms with E-state index in [0.717, 1.165) is 13.0 Å². The molecular formula is C14H21N5O2. The second kappa shape index (κ2) is 5.14. The largest absolute Gasteiger partial charge is 0.333 e. The van der Waals surface area contributed by atoms with Gasteiger partial charge in [0.15, 0.2) is 11.2 Å². The van der Waals surface area contributed by atoms with Gasteiger partial charge >= 0.3 is 5.69 Å². The quantitative estimate of drug-likeness (QED) is 0.893. The van der Waals surface area contributed by atoms with Gasteiger partial charge in [-0.25, -0.2) is 9.78 Å². The molecule has 0 aliphatic carbocycles. The molecule has 0 amide bonds.